The monoisotopic (exact) mass is 432 g/mol. The number of amides is 1. The van der Waals surface area contributed by atoms with Crippen LogP contribution < -0.4 is 10.6 Å². The Morgan fingerprint density at radius 1 is 1.37 bits per heavy atom. The lowest BCUT2D eigenvalue weighted by atomic mass is 9.79. The molecule has 1 aliphatic heterocycles. The van der Waals surface area contributed by atoms with E-state index in [1.54, 1.807) is 19.5 Å². The summed E-state index contributed by atoms with van der Waals surface area (Å²) in [6, 6.07) is 3.86. The molecule has 0 aliphatic carbocycles. The Balaban J connectivity index is 0.00000182. The van der Waals surface area contributed by atoms with E-state index >= 15 is 0 Å². The number of hydrogen-bond acceptors (Lipinski definition) is 6. The number of hydrogen-bond donors (Lipinski definition) is 2. The van der Waals surface area contributed by atoms with Crippen molar-refractivity contribution in [3.63, 3.8) is 0 Å². The first-order chi connectivity index (χ1) is 12.2. The first-order valence-electron chi connectivity index (χ1n) is 8.52. The summed E-state index contributed by atoms with van der Waals surface area (Å²) in [6.07, 6.45) is 5.86. The van der Waals surface area contributed by atoms with Crippen LogP contribution in [0, 0.1) is 5.41 Å². The molecule has 0 aromatic carbocycles. The topological polar surface area (TPSA) is 76.1 Å². The van der Waals surface area contributed by atoms with Gasteiger partial charge >= 0.3 is 0 Å². The van der Waals surface area contributed by atoms with Crippen LogP contribution in [0.25, 0.3) is 10.6 Å². The summed E-state index contributed by atoms with van der Waals surface area (Å²) in [7, 11) is 1.72. The minimum Gasteiger partial charge on any atom is -0.384 e. The van der Waals surface area contributed by atoms with E-state index in [0.29, 0.717) is 19.6 Å². The molecular weight excluding hydrogens is 407 g/mol. The molecule has 3 heterocycles. The van der Waals surface area contributed by atoms with Crippen LogP contribution in [0.1, 0.15) is 18.5 Å². The number of ether oxygens (including phenoxy) is 1. The summed E-state index contributed by atoms with van der Waals surface area (Å²) in [5.74, 6) is 0.0112. The molecule has 27 heavy (non-hydrogen) atoms. The Morgan fingerprint density at radius 3 is 2.81 bits per heavy atom. The zero-order valence-corrected chi connectivity index (χ0v) is 17.7. The Kier molecular flexibility index (Phi) is 10.2. The average Bonchev–Trinajstić information content (AvgIpc) is 3.10. The smallest absolute Gasteiger partial charge is 0.226 e. The molecule has 2 aromatic rings. The van der Waals surface area contributed by atoms with Gasteiger partial charge in [0.1, 0.15) is 5.01 Å². The van der Waals surface area contributed by atoms with Crippen molar-refractivity contribution in [2.24, 2.45) is 5.41 Å². The number of nitrogens with zero attached hydrogens (tertiary/aromatic N) is 2. The van der Waals surface area contributed by atoms with Crippen LogP contribution in [-0.4, -0.2) is 49.2 Å². The highest BCUT2D eigenvalue weighted by Gasteiger charge is 2.32. The molecule has 2 aromatic heterocycles. The molecule has 0 spiro atoms. The molecule has 9 heteroatoms. The summed E-state index contributed by atoms with van der Waals surface area (Å²) < 4.78 is 5.39. The number of nitrogens with one attached hydrogen (secondary N) is 2. The summed E-state index contributed by atoms with van der Waals surface area (Å²) in [5.41, 5.74) is 1.82. The number of halogens is 2. The van der Waals surface area contributed by atoms with E-state index in [4.69, 9.17) is 4.74 Å². The first kappa shape index (κ1) is 23.8. The highest BCUT2D eigenvalue weighted by Crippen LogP contribution is 2.28. The van der Waals surface area contributed by atoms with Gasteiger partial charge in [-0.05, 0) is 38.1 Å². The Morgan fingerprint density at radius 2 is 2.15 bits per heavy atom. The molecule has 6 nitrogen and oxygen atoms in total. The van der Waals surface area contributed by atoms with E-state index in [0.717, 1.165) is 42.2 Å². The van der Waals surface area contributed by atoms with E-state index in [2.05, 4.69) is 20.6 Å². The van der Waals surface area contributed by atoms with Gasteiger partial charge in [0.25, 0.3) is 0 Å². The second-order valence-electron chi connectivity index (χ2n) is 6.52. The molecule has 0 unspecified atom stereocenters. The van der Waals surface area contributed by atoms with Crippen molar-refractivity contribution < 1.29 is 9.53 Å². The summed E-state index contributed by atoms with van der Waals surface area (Å²) >= 11 is 1.54. The minimum atomic E-state index is 0. The van der Waals surface area contributed by atoms with Crippen LogP contribution in [0.3, 0.4) is 0 Å². The van der Waals surface area contributed by atoms with E-state index in [9.17, 15) is 4.79 Å². The standard InChI is InChI=1S/C18H24N4O2S.2ClH/c1-24-13-18(4-7-19-8-5-18)12-21-16(23)9-15-11-25-17(22-15)14-3-2-6-20-10-14;;/h2-3,6,10-11,19H,4-5,7-9,12-13H2,1H3,(H,21,23);2*1H. The van der Waals surface area contributed by atoms with Crippen LogP contribution in [0.5, 0.6) is 0 Å². The third kappa shape index (κ3) is 6.69. The predicted molar refractivity (Wildman–Crippen MR) is 113 cm³/mol. The van der Waals surface area contributed by atoms with Crippen LogP contribution in [0.15, 0.2) is 29.9 Å². The van der Waals surface area contributed by atoms with Crippen LogP contribution in [0.4, 0.5) is 0 Å². The minimum absolute atomic E-state index is 0. The third-order valence-electron chi connectivity index (χ3n) is 4.58. The zero-order valence-electron chi connectivity index (χ0n) is 15.3. The van der Waals surface area contributed by atoms with Crippen molar-refractivity contribution in [2.75, 3.05) is 33.4 Å². The summed E-state index contributed by atoms with van der Waals surface area (Å²) in [6.45, 7) is 3.28. The number of carbonyl (C=O) groups is 1. The lowest BCUT2D eigenvalue weighted by molar-refractivity contribution is -0.121. The molecular formula is C18H26Cl2N4O2S. The number of thiazole rings is 1. The van der Waals surface area contributed by atoms with Gasteiger partial charge < -0.3 is 15.4 Å². The molecule has 0 saturated carbocycles. The quantitative estimate of drug-likeness (QED) is 0.703. The van der Waals surface area contributed by atoms with Crippen molar-refractivity contribution in [3.05, 3.63) is 35.6 Å². The van der Waals surface area contributed by atoms with Gasteiger partial charge in [0.15, 0.2) is 0 Å². The summed E-state index contributed by atoms with van der Waals surface area (Å²) in [4.78, 5) is 21.0. The van der Waals surface area contributed by atoms with Crippen LogP contribution in [0.2, 0.25) is 0 Å². The molecule has 3 rings (SSSR count). The lowest BCUT2D eigenvalue weighted by Gasteiger charge is -2.37. The third-order valence-corrected chi connectivity index (χ3v) is 5.52. The summed E-state index contributed by atoms with van der Waals surface area (Å²) in [5, 5.41) is 9.28. The Labute approximate surface area is 176 Å². The molecule has 0 radical (unpaired) electrons. The second-order valence-corrected chi connectivity index (χ2v) is 7.38. The Bertz CT molecular complexity index is 688. The van der Waals surface area contributed by atoms with Gasteiger partial charge in [-0.1, -0.05) is 0 Å². The van der Waals surface area contributed by atoms with Crippen molar-refractivity contribution in [1.82, 2.24) is 20.6 Å². The van der Waals surface area contributed by atoms with E-state index in [1.807, 2.05) is 17.5 Å². The maximum absolute atomic E-state index is 12.3. The highest BCUT2D eigenvalue weighted by molar-refractivity contribution is 7.13. The van der Waals surface area contributed by atoms with Crippen LogP contribution >= 0.6 is 36.2 Å². The molecule has 1 saturated heterocycles. The largest absolute Gasteiger partial charge is 0.384 e. The fraction of sp³-hybridized carbons (Fsp3) is 0.500. The van der Waals surface area contributed by atoms with Gasteiger partial charge in [-0.3, -0.25) is 9.78 Å². The number of piperidine rings is 1. The second kappa shape index (κ2) is 11.6. The highest BCUT2D eigenvalue weighted by atomic mass is 35.5. The van der Waals surface area contributed by atoms with E-state index in [-0.39, 0.29) is 36.1 Å². The molecule has 1 amide bonds. The van der Waals surface area contributed by atoms with Crippen molar-refractivity contribution in [2.45, 2.75) is 19.3 Å². The number of rotatable bonds is 7. The maximum atomic E-state index is 12.3. The zero-order chi connectivity index (χ0) is 17.5. The number of pyridine rings is 1. The molecule has 2 N–H and O–H groups in total. The van der Waals surface area contributed by atoms with Gasteiger partial charge in [0.2, 0.25) is 5.91 Å². The van der Waals surface area contributed by atoms with Crippen molar-refractivity contribution >= 4 is 42.1 Å². The molecule has 0 bridgehead atoms. The van der Waals surface area contributed by atoms with Crippen molar-refractivity contribution in [3.8, 4) is 10.6 Å². The number of methoxy groups -OCH3 is 1. The number of carbonyl (C=O) groups excluding carboxylic acids is 1. The number of aromatic nitrogens is 2. The van der Waals surface area contributed by atoms with Gasteiger partial charge in [0, 0.05) is 42.4 Å². The molecule has 150 valence electrons. The fourth-order valence-corrected chi connectivity index (χ4v) is 3.97. The van der Waals surface area contributed by atoms with E-state index in [1.165, 1.54) is 11.3 Å². The maximum Gasteiger partial charge on any atom is 0.226 e. The SMILES string of the molecule is COCC1(CNC(=O)Cc2csc(-c3cccnc3)n2)CCNCC1.Cl.Cl. The van der Waals surface area contributed by atoms with Crippen molar-refractivity contribution in [1.29, 1.82) is 0 Å². The Hall–Kier alpha value is -1.25. The van der Waals surface area contributed by atoms with E-state index < -0.39 is 0 Å². The van der Waals surface area contributed by atoms with Gasteiger partial charge in [-0.25, -0.2) is 4.98 Å². The predicted octanol–water partition coefficient (Wildman–Crippen LogP) is 2.72. The fourth-order valence-electron chi connectivity index (χ4n) is 3.16. The first-order valence-corrected chi connectivity index (χ1v) is 9.40. The normalized spacial score (nSPS) is 15.3. The van der Waals surface area contributed by atoms with Gasteiger partial charge in [-0.15, -0.1) is 36.2 Å². The lowest BCUT2D eigenvalue weighted by Crippen LogP contribution is -2.47. The van der Waals surface area contributed by atoms with Crippen LogP contribution in [-0.2, 0) is 16.0 Å². The molecule has 1 aliphatic rings. The van der Waals surface area contributed by atoms with Gasteiger partial charge in [0.05, 0.1) is 18.7 Å². The molecule has 1 fully saturated rings. The average molecular weight is 433 g/mol. The molecule has 0 atom stereocenters. The van der Waals surface area contributed by atoms with Gasteiger partial charge in [-0.2, -0.15) is 0 Å².